The number of ether oxygens (including phenoxy) is 2. The minimum Gasteiger partial charge on any atom is -0.488 e. The van der Waals surface area contributed by atoms with Gasteiger partial charge in [0.15, 0.2) is 5.96 Å². The molecular formula is C25H34N4O3. The number of carbonyl (C=O) groups excluding carboxylic acids is 1. The molecule has 3 N–H and O–H groups in total. The number of carbonyl (C=O) groups is 1. The van der Waals surface area contributed by atoms with Crippen LogP contribution in [0.4, 0.5) is 5.69 Å². The Bertz CT molecular complexity index is 919. The SMILES string of the molecule is CN=C(NCc1ccc(NC(=O)C(C)C)cc1)NCc1ccc(C)cc1OC1CCOC1. The zero-order valence-electron chi connectivity index (χ0n) is 19.4. The van der Waals surface area contributed by atoms with Crippen molar-refractivity contribution in [1.29, 1.82) is 0 Å². The van der Waals surface area contributed by atoms with Crippen molar-refractivity contribution in [2.75, 3.05) is 25.6 Å². The van der Waals surface area contributed by atoms with Crippen LogP contribution in [-0.4, -0.2) is 38.2 Å². The lowest BCUT2D eigenvalue weighted by atomic mass is 10.1. The van der Waals surface area contributed by atoms with Gasteiger partial charge in [-0.25, -0.2) is 0 Å². The van der Waals surface area contributed by atoms with Crippen LogP contribution in [0.15, 0.2) is 47.5 Å². The van der Waals surface area contributed by atoms with E-state index >= 15 is 0 Å². The third-order valence-electron chi connectivity index (χ3n) is 5.28. The number of aryl methyl sites for hydroxylation is 1. The summed E-state index contributed by atoms with van der Waals surface area (Å²) in [7, 11) is 1.75. The van der Waals surface area contributed by atoms with Crippen molar-refractivity contribution in [2.24, 2.45) is 10.9 Å². The molecule has 7 heteroatoms. The van der Waals surface area contributed by atoms with Crippen molar-refractivity contribution in [3.8, 4) is 5.75 Å². The van der Waals surface area contributed by atoms with Crippen LogP contribution in [0.5, 0.6) is 5.75 Å². The van der Waals surface area contributed by atoms with Crippen LogP contribution in [0.25, 0.3) is 0 Å². The number of benzene rings is 2. The van der Waals surface area contributed by atoms with Gasteiger partial charge in [0.2, 0.25) is 5.91 Å². The Morgan fingerprint density at radius 1 is 1.16 bits per heavy atom. The summed E-state index contributed by atoms with van der Waals surface area (Å²) in [6.45, 7) is 8.44. The van der Waals surface area contributed by atoms with Gasteiger partial charge < -0.3 is 25.4 Å². The van der Waals surface area contributed by atoms with Gasteiger partial charge in [-0.15, -0.1) is 0 Å². The summed E-state index contributed by atoms with van der Waals surface area (Å²) >= 11 is 0. The molecule has 172 valence electrons. The lowest BCUT2D eigenvalue weighted by Crippen LogP contribution is -2.36. The third kappa shape index (κ3) is 6.99. The minimum atomic E-state index is -0.0447. The highest BCUT2D eigenvalue weighted by molar-refractivity contribution is 5.92. The van der Waals surface area contributed by atoms with Crippen LogP contribution >= 0.6 is 0 Å². The Morgan fingerprint density at radius 3 is 2.56 bits per heavy atom. The van der Waals surface area contributed by atoms with Crippen molar-refractivity contribution in [3.05, 3.63) is 59.2 Å². The Kier molecular flexibility index (Phi) is 8.50. The van der Waals surface area contributed by atoms with E-state index in [0.29, 0.717) is 25.7 Å². The smallest absolute Gasteiger partial charge is 0.226 e. The monoisotopic (exact) mass is 438 g/mol. The molecule has 1 atom stereocenters. The first kappa shape index (κ1) is 23.6. The standard InChI is InChI=1S/C25H34N4O3/c1-17(2)24(30)29-21-9-6-19(7-10-21)14-27-25(26-4)28-15-20-8-5-18(3)13-23(20)32-22-11-12-31-16-22/h5-10,13,17,22H,11-12,14-16H2,1-4H3,(H,29,30)(H2,26,27,28). The summed E-state index contributed by atoms with van der Waals surface area (Å²) in [4.78, 5) is 16.1. The van der Waals surface area contributed by atoms with E-state index in [4.69, 9.17) is 9.47 Å². The molecule has 1 aliphatic rings. The maximum absolute atomic E-state index is 11.8. The first-order valence-corrected chi connectivity index (χ1v) is 11.1. The van der Waals surface area contributed by atoms with Gasteiger partial charge in [0.05, 0.1) is 13.2 Å². The van der Waals surface area contributed by atoms with Crippen molar-refractivity contribution < 1.29 is 14.3 Å². The average molecular weight is 439 g/mol. The number of hydrogen-bond donors (Lipinski definition) is 3. The highest BCUT2D eigenvalue weighted by atomic mass is 16.5. The highest BCUT2D eigenvalue weighted by Crippen LogP contribution is 2.23. The van der Waals surface area contributed by atoms with Gasteiger partial charge >= 0.3 is 0 Å². The predicted octanol–water partition coefficient (Wildman–Crippen LogP) is 3.62. The molecule has 1 heterocycles. The van der Waals surface area contributed by atoms with Crippen LogP contribution in [0.2, 0.25) is 0 Å². The second-order valence-electron chi connectivity index (χ2n) is 8.33. The van der Waals surface area contributed by atoms with E-state index < -0.39 is 0 Å². The summed E-state index contributed by atoms with van der Waals surface area (Å²) < 4.78 is 11.6. The zero-order valence-corrected chi connectivity index (χ0v) is 19.4. The van der Waals surface area contributed by atoms with Crippen molar-refractivity contribution in [1.82, 2.24) is 10.6 Å². The molecule has 1 saturated heterocycles. The minimum absolute atomic E-state index is 0.0142. The van der Waals surface area contributed by atoms with Gasteiger partial charge in [-0.3, -0.25) is 9.79 Å². The molecule has 0 aliphatic carbocycles. The number of rotatable bonds is 8. The maximum Gasteiger partial charge on any atom is 0.226 e. The second kappa shape index (κ2) is 11.5. The molecule has 1 unspecified atom stereocenters. The quantitative estimate of drug-likeness (QED) is 0.433. The van der Waals surface area contributed by atoms with E-state index in [1.54, 1.807) is 7.05 Å². The largest absolute Gasteiger partial charge is 0.488 e. The molecule has 1 fully saturated rings. The van der Waals surface area contributed by atoms with E-state index in [-0.39, 0.29) is 17.9 Å². The van der Waals surface area contributed by atoms with Gasteiger partial charge in [0, 0.05) is 43.7 Å². The van der Waals surface area contributed by atoms with E-state index in [9.17, 15) is 4.79 Å². The molecule has 32 heavy (non-hydrogen) atoms. The number of amides is 1. The van der Waals surface area contributed by atoms with Crippen LogP contribution in [0.1, 0.15) is 37.0 Å². The molecule has 2 aromatic rings. The van der Waals surface area contributed by atoms with E-state index in [0.717, 1.165) is 35.6 Å². The summed E-state index contributed by atoms with van der Waals surface area (Å²) in [5.74, 6) is 1.57. The molecule has 3 rings (SSSR count). The van der Waals surface area contributed by atoms with E-state index in [2.05, 4.69) is 46.1 Å². The summed E-state index contributed by atoms with van der Waals surface area (Å²) in [6, 6.07) is 14.1. The normalized spacial score (nSPS) is 16.2. The second-order valence-corrected chi connectivity index (χ2v) is 8.33. The summed E-state index contributed by atoms with van der Waals surface area (Å²) in [5.41, 5.74) is 4.14. The molecule has 1 aliphatic heterocycles. The van der Waals surface area contributed by atoms with Gasteiger partial charge in [-0.05, 0) is 36.2 Å². The lowest BCUT2D eigenvalue weighted by Gasteiger charge is -2.18. The zero-order chi connectivity index (χ0) is 22.9. The van der Waals surface area contributed by atoms with Gasteiger partial charge in [-0.1, -0.05) is 38.1 Å². The first-order valence-electron chi connectivity index (χ1n) is 11.1. The Balaban J connectivity index is 1.52. The summed E-state index contributed by atoms with van der Waals surface area (Å²) in [6.07, 6.45) is 1.03. The highest BCUT2D eigenvalue weighted by Gasteiger charge is 2.18. The molecule has 1 amide bonds. The molecule has 0 bridgehead atoms. The number of hydrogen-bond acceptors (Lipinski definition) is 4. The number of nitrogens with zero attached hydrogens (tertiary/aromatic N) is 1. The van der Waals surface area contributed by atoms with Crippen LogP contribution in [-0.2, 0) is 22.6 Å². The van der Waals surface area contributed by atoms with Gasteiger partial charge in [0.1, 0.15) is 11.9 Å². The van der Waals surface area contributed by atoms with Crippen molar-refractivity contribution in [2.45, 2.75) is 46.4 Å². The van der Waals surface area contributed by atoms with Crippen LogP contribution in [0, 0.1) is 12.8 Å². The topological polar surface area (TPSA) is 84.0 Å². The fourth-order valence-corrected chi connectivity index (χ4v) is 3.28. The van der Waals surface area contributed by atoms with Gasteiger partial charge in [-0.2, -0.15) is 0 Å². The summed E-state index contributed by atoms with van der Waals surface area (Å²) in [5, 5.41) is 9.59. The predicted molar refractivity (Wildman–Crippen MR) is 128 cm³/mol. The molecule has 0 saturated carbocycles. The average Bonchev–Trinajstić information content (AvgIpc) is 3.29. The fraction of sp³-hybridized carbons (Fsp3) is 0.440. The lowest BCUT2D eigenvalue weighted by molar-refractivity contribution is -0.118. The number of nitrogens with one attached hydrogen (secondary N) is 3. The fourth-order valence-electron chi connectivity index (χ4n) is 3.28. The molecule has 0 spiro atoms. The van der Waals surface area contributed by atoms with Crippen molar-refractivity contribution >= 4 is 17.6 Å². The van der Waals surface area contributed by atoms with Crippen LogP contribution < -0.4 is 20.7 Å². The molecule has 7 nitrogen and oxygen atoms in total. The van der Waals surface area contributed by atoms with E-state index in [1.165, 1.54) is 5.56 Å². The van der Waals surface area contributed by atoms with Crippen molar-refractivity contribution in [3.63, 3.8) is 0 Å². The first-order chi connectivity index (χ1) is 15.4. The Labute approximate surface area is 190 Å². The maximum atomic E-state index is 11.8. The molecular weight excluding hydrogens is 404 g/mol. The van der Waals surface area contributed by atoms with E-state index in [1.807, 2.05) is 38.1 Å². The van der Waals surface area contributed by atoms with Gasteiger partial charge in [0.25, 0.3) is 0 Å². The molecule has 2 aromatic carbocycles. The molecule has 0 radical (unpaired) electrons. The Morgan fingerprint density at radius 2 is 1.91 bits per heavy atom. The number of anilines is 1. The number of guanidine groups is 1. The molecule has 0 aromatic heterocycles. The third-order valence-corrected chi connectivity index (χ3v) is 5.28. The van der Waals surface area contributed by atoms with Crippen LogP contribution in [0.3, 0.4) is 0 Å². The number of aliphatic imine (C=N–C) groups is 1. The Hall–Kier alpha value is -3.06.